The molecular formula is C13H11FN8O. The molecule has 0 aliphatic heterocycles. The minimum absolute atomic E-state index is 0.0202. The van der Waals surface area contributed by atoms with Crippen molar-refractivity contribution in [1.29, 1.82) is 0 Å². The van der Waals surface area contributed by atoms with Crippen LogP contribution in [0.1, 0.15) is 10.4 Å². The molecule has 0 unspecified atom stereocenters. The summed E-state index contributed by atoms with van der Waals surface area (Å²) in [6.07, 6.45) is 6.20. The van der Waals surface area contributed by atoms with Crippen LogP contribution in [0.15, 0.2) is 36.9 Å². The third-order valence-electron chi connectivity index (χ3n) is 2.88. The Labute approximate surface area is 129 Å². The molecule has 23 heavy (non-hydrogen) atoms. The summed E-state index contributed by atoms with van der Waals surface area (Å²) in [5.74, 6) is -1.64. The molecule has 1 amide bonds. The van der Waals surface area contributed by atoms with E-state index in [0.717, 1.165) is 6.07 Å². The lowest BCUT2D eigenvalue weighted by Gasteiger charge is -2.10. The van der Waals surface area contributed by atoms with Gasteiger partial charge >= 0.3 is 0 Å². The summed E-state index contributed by atoms with van der Waals surface area (Å²) >= 11 is 0. The number of pyridine rings is 1. The van der Waals surface area contributed by atoms with E-state index in [1.54, 1.807) is 18.5 Å². The molecule has 0 aliphatic carbocycles. The van der Waals surface area contributed by atoms with Gasteiger partial charge in [0.1, 0.15) is 5.82 Å². The van der Waals surface area contributed by atoms with E-state index in [1.165, 1.54) is 17.1 Å². The van der Waals surface area contributed by atoms with Crippen LogP contribution in [0, 0.1) is 5.82 Å². The second kappa shape index (κ2) is 5.67. The van der Waals surface area contributed by atoms with Crippen molar-refractivity contribution >= 4 is 23.2 Å². The minimum Gasteiger partial charge on any atom is -0.381 e. The Hall–Kier alpha value is -3.56. The molecular weight excluding hydrogens is 303 g/mol. The lowest BCUT2D eigenvalue weighted by atomic mass is 10.2. The van der Waals surface area contributed by atoms with Crippen LogP contribution in [-0.4, -0.2) is 30.6 Å². The van der Waals surface area contributed by atoms with E-state index in [4.69, 9.17) is 11.5 Å². The molecule has 5 N–H and O–H groups in total. The molecule has 0 saturated heterocycles. The number of rotatable bonds is 4. The van der Waals surface area contributed by atoms with E-state index in [2.05, 4.69) is 25.4 Å². The molecule has 3 aromatic heterocycles. The summed E-state index contributed by atoms with van der Waals surface area (Å²) in [5.41, 5.74) is 10.9. The number of carbonyl (C=O) groups is 1. The highest BCUT2D eigenvalue weighted by Gasteiger charge is 2.15. The zero-order valence-electron chi connectivity index (χ0n) is 11.6. The zero-order chi connectivity index (χ0) is 16.4. The van der Waals surface area contributed by atoms with Crippen LogP contribution in [0.2, 0.25) is 0 Å². The van der Waals surface area contributed by atoms with Crippen LogP contribution in [-0.2, 0) is 0 Å². The van der Waals surface area contributed by atoms with E-state index in [0.29, 0.717) is 11.6 Å². The fraction of sp³-hybridized carbons (Fsp3) is 0. The van der Waals surface area contributed by atoms with Gasteiger partial charge in [-0.15, -0.1) is 0 Å². The van der Waals surface area contributed by atoms with Crippen molar-refractivity contribution in [1.82, 2.24) is 24.7 Å². The Morgan fingerprint density at radius 3 is 2.65 bits per heavy atom. The number of aromatic nitrogens is 5. The van der Waals surface area contributed by atoms with Gasteiger partial charge in [-0.05, 0) is 12.1 Å². The average Bonchev–Trinajstić information content (AvgIpc) is 3.05. The Kier molecular flexibility index (Phi) is 3.55. The first kappa shape index (κ1) is 14.4. The summed E-state index contributed by atoms with van der Waals surface area (Å²) in [6, 6.07) is 2.66. The molecule has 0 aromatic carbocycles. The van der Waals surface area contributed by atoms with Gasteiger partial charge in [-0.1, -0.05) is 0 Å². The molecule has 116 valence electrons. The van der Waals surface area contributed by atoms with Gasteiger partial charge in [-0.25, -0.2) is 24.0 Å². The van der Waals surface area contributed by atoms with Gasteiger partial charge < -0.3 is 16.8 Å². The van der Waals surface area contributed by atoms with Gasteiger partial charge in [-0.3, -0.25) is 4.79 Å². The van der Waals surface area contributed by atoms with Gasteiger partial charge in [0.2, 0.25) is 0 Å². The molecule has 10 heteroatoms. The van der Waals surface area contributed by atoms with Gasteiger partial charge in [0.25, 0.3) is 11.9 Å². The summed E-state index contributed by atoms with van der Waals surface area (Å²) in [6.45, 7) is 0. The molecule has 0 atom stereocenters. The molecule has 0 aliphatic rings. The third-order valence-corrected chi connectivity index (χ3v) is 2.88. The smallest absolute Gasteiger partial charge is 0.252 e. The number of primary amides is 1. The monoisotopic (exact) mass is 314 g/mol. The van der Waals surface area contributed by atoms with Crippen molar-refractivity contribution in [3.63, 3.8) is 0 Å². The van der Waals surface area contributed by atoms with Crippen molar-refractivity contribution in [2.24, 2.45) is 5.73 Å². The number of hydrogen-bond donors (Lipinski definition) is 3. The number of nitrogens with zero attached hydrogens (tertiary/aromatic N) is 5. The zero-order valence-corrected chi connectivity index (χ0v) is 11.6. The van der Waals surface area contributed by atoms with Crippen molar-refractivity contribution in [2.45, 2.75) is 0 Å². The maximum Gasteiger partial charge on any atom is 0.252 e. The first-order valence-electron chi connectivity index (χ1n) is 6.39. The number of nitrogens with one attached hydrogen (secondary N) is 1. The van der Waals surface area contributed by atoms with Crippen molar-refractivity contribution in [2.75, 3.05) is 11.1 Å². The predicted octanol–water partition coefficient (Wildman–Crippen LogP) is 0.621. The summed E-state index contributed by atoms with van der Waals surface area (Å²) < 4.78 is 14.9. The molecule has 3 heterocycles. The molecule has 3 rings (SSSR count). The SMILES string of the molecule is NC(=O)c1cc(F)c(N)nc1Nc1cnc(-n2cccn2)nc1. The summed E-state index contributed by atoms with van der Waals surface area (Å²) in [7, 11) is 0. The van der Waals surface area contributed by atoms with E-state index in [1.807, 2.05) is 0 Å². The van der Waals surface area contributed by atoms with Gasteiger partial charge in [0, 0.05) is 12.4 Å². The Bertz CT molecular complexity index is 847. The third kappa shape index (κ3) is 2.90. The second-order valence-electron chi connectivity index (χ2n) is 4.46. The maximum atomic E-state index is 13.4. The van der Waals surface area contributed by atoms with Crippen LogP contribution >= 0.6 is 0 Å². The number of amides is 1. The Morgan fingerprint density at radius 1 is 1.30 bits per heavy atom. The average molecular weight is 314 g/mol. The number of carbonyl (C=O) groups excluding carboxylic acids is 1. The van der Waals surface area contributed by atoms with Crippen molar-refractivity contribution < 1.29 is 9.18 Å². The summed E-state index contributed by atoms with van der Waals surface area (Å²) in [4.78, 5) is 23.4. The number of nitrogen functional groups attached to an aromatic ring is 1. The second-order valence-corrected chi connectivity index (χ2v) is 4.46. The normalized spacial score (nSPS) is 10.5. The van der Waals surface area contributed by atoms with E-state index >= 15 is 0 Å². The lowest BCUT2D eigenvalue weighted by Crippen LogP contribution is -2.16. The van der Waals surface area contributed by atoms with E-state index in [-0.39, 0.29) is 17.2 Å². The fourth-order valence-electron chi connectivity index (χ4n) is 1.81. The molecule has 0 radical (unpaired) electrons. The van der Waals surface area contributed by atoms with Crippen LogP contribution in [0.5, 0.6) is 0 Å². The van der Waals surface area contributed by atoms with Crippen molar-refractivity contribution in [3.05, 3.63) is 48.3 Å². The van der Waals surface area contributed by atoms with E-state index < -0.39 is 11.7 Å². The standard InChI is InChI=1S/C13H11FN8O/c14-9-4-8(11(16)23)12(21-10(9)15)20-7-5-17-13(18-6-7)22-3-1-2-19-22/h1-6H,(H2,16,23)(H3,15,20,21). The fourth-order valence-corrected chi connectivity index (χ4v) is 1.81. The topological polar surface area (TPSA) is 138 Å². The number of halogens is 1. The first-order chi connectivity index (χ1) is 11.0. The van der Waals surface area contributed by atoms with Crippen LogP contribution in [0.4, 0.5) is 21.7 Å². The highest BCUT2D eigenvalue weighted by atomic mass is 19.1. The largest absolute Gasteiger partial charge is 0.381 e. The van der Waals surface area contributed by atoms with Gasteiger partial charge in [0.15, 0.2) is 11.6 Å². The van der Waals surface area contributed by atoms with Crippen LogP contribution in [0.3, 0.4) is 0 Å². The van der Waals surface area contributed by atoms with E-state index in [9.17, 15) is 9.18 Å². The first-order valence-corrected chi connectivity index (χ1v) is 6.39. The molecule has 0 saturated carbocycles. The predicted molar refractivity (Wildman–Crippen MR) is 79.6 cm³/mol. The maximum absolute atomic E-state index is 13.4. The highest BCUT2D eigenvalue weighted by molar-refractivity contribution is 5.98. The molecule has 0 fully saturated rings. The molecule has 0 spiro atoms. The molecule has 3 aromatic rings. The van der Waals surface area contributed by atoms with Gasteiger partial charge in [-0.2, -0.15) is 5.10 Å². The van der Waals surface area contributed by atoms with Gasteiger partial charge in [0.05, 0.1) is 23.6 Å². The molecule has 9 nitrogen and oxygen atoms in total. The minimum atomic E-state index is -0.840. The molecule has 0 bridgehead atoms. The number of nitrogens with two attached hydrogens (primary N) is 2. The van der Waals surface area contributed by atoms with Crippen LogP contribution in [0.25, 0.3) is 5.95 Å². The van der Waals surface area contributed by atoms with Crippen LogP contribution < -0.4 is 16.8 Å². The summed E-state index contributed by atoms with van der Waals surface area (Å²) in [5, 5.41) is 6.78. The number of anilines is 3. The Balaban J connectivity index is 1.90. The number of hydrogen-bond acceptors (Lipinski definition) is 7. The highest BCUT2D eigenvalue weighted by Crippen LogP contribution is 2.21. The lowest BCUT2D eigenvalue weighted by molar-refractivity contribution is 0.100. The quantitative estimate of drug-likeness (QED) is 0.641. The Morgan fingerprint density at radius 2 is 2.04 bits per heavy atom. The van der Waals surface area contributed by atoms with Crippen molar-refractivity contribution in [3.8, 4) is 5.95 Å².